The van der Waals surface area contributed by atoms with E-state index in [2.05, 4.69) is 38.2 Å². The number of benzene rings is 1. The first-order valence-corrected chi connectivity index (χ1v) is 4.96. The molecule has 0 spiro atoms. The third-order valence-corrected chi connectivity index (χ3v) is 2.28. The van der Waals surface area contributed by atoms with Gasteiger partial charge in [-0.1, -0.05) is 17.7 Å². The summed E-state index contributed by atoms with van der Waals surface area (Å²) in [5, 5.41) is 11.8. The molecule has 0 atom stereocenters. The fourth-order valence-corrected chi connectivity index (χ4v) is 1.71. The zero-order valence-corrected chi connectivity index (χ0v) is 9.68. The molecule has 0 aliphatic heterocycles. The highest BCUT2D eigenvalue weighted by molar-refractivity contribution is 5.61. The van der Waals surface area contributed by atoms with Gasteiger partial charge in [0.05, 0.1) is 6.07 Å². The first-order chi connectivity index (χ1) is 7.04. The second kappa shape index (κ2) is 4.65. The Labute approximate surface area is 91.2 Å². The zero-order valence-electron chi connectivity index (χ0n) is 9.68. The van der Waals surface area contributed by atoms with Gasteiger partial charge < -0.3 is 5.32 Å². The van der Waals surface area contributed by atoms with Gasteiger partial charge in [0.15, 0.2) is 0 Å². The molecule has 15 heavy (non-hydrogen) atoms. The molecular weight excluding hydrogens is 184 g/mol. The van der Waals surface area contributed by atoms with Gasteiger partial charge in [-0.3, -0.25) is 0 Å². The number of nitriles is 1. The van der Waals surface area contributed by atoms with Crippen LogP contribution in [0.1, 0.15) is 23.6 Å². The van der Waals surface area contributed by atoms with Crippen molar-refractivity contribution in [1.82, 2.24) is 0 Å². The molecule has 2 nitrogen and oxygen atoms in total. The van der Waals surface area contributed by atoms with Crippen LogP contribution in [0, 0.1) is 32.1 Å². The summed E-state index contributed by atoms with van der Waals surface area (Å²) in [6.07, 6.45) is 1.51. The Balaban J connectivity index is 3.06. The van der Waals surface area contributed by atoms with Crippen molar-refractivity contribution < 1.29 is 0 Å². The summed E-state index contributed by atoms with van der Waals surface area (Å²) in [6, 6.07) is 6.28. The van der Waals surface area contributed by atoms with Gasteiger partial charge in [0.1, 0.15) is 0 Å². The van der Waals surface area contributed by atoms with E-state index >= 15 is 0 Å². The summed E-state index contributed by atoms with van der Waals surface area (Å²) >= 11 is 0. The maximum absolute atomic E-state index is 8.53. The number of aryl methyl sites for hydroxylation is 3. The summed E-state index contributed by atoms with van der Waals surface area (Å²) in [5.41, 5.74) is 5.64. The van der Waals surface area contributed by atoms with Crippen molar-refractivity contribution in [1.29, 1.82) is 5.26 Å². The van der Waals surface area contributed by atoms with Crippen molar-refractivity contribution >= 4 is 5.69 Å². The molecule has 0 radical (unpaired) electrons. The van der Waals surface area contributed by atoms with Crippen LogP contribution in [0.5, 0.6) is 0 Å². The van der Waals surface area contributed by atoms with Gasteiger partial charge in [-0.25, -0.2) is 0 Å². The van der Waals surface area contributed by atoms with Crippen molar-refractivity contribution in [3.8, 4) is 6.07 Å². The van der Waals surface area contributed by atoms with Crippen LogP contribution in [0.25, 0.3) is 0 Å². The van der Waals surface area contributed by atoms with Gasteiger partial charge >= 0.3 is 0 Å². The zero-order chi connectivity index (χ0) is 11.4. The topological polar surface area (TPSA) is 35.8 Å². The van der Waals surface area contributed by atoms with Crippen LogP contribution >= 0.6 is 0 Å². The molecule has 0 saturated carbocycles. The normalized spacial score (nSPS) is 11.0. The number of hydrogen-bond acceptors (Lipinski definition) is 2. The first kappa shape index (κ1) is 11.3. The van der Waals surface area contributed by atoms with Gasteiger partial charge in [-0.05, 0) is 38.8 Å². The third kappa shape index (κ3) is 2.85. The fraction of sp³-hybridized carbons (Fsp3) is 0.308. The van der Waals surface area contributed by atoms with Crippen LogP contribution in [-0.4, -0.2) is 0 Å². The summed E-state index contributed by atoms with van der Waals surface area (Å²) in [5.74, 6) is 0. The van der Waals surface area contributed by atoms with Gasteiger partial charge in [0.25, 0.3) is 0 Å². The minimum Gasteiger partial charge on any atom is -0.358 e. The largest absolute Gasteiger partial charge is 0.358 e. The standard InChI is InChI=1S/C13H16N2/c1-9-7-10(2)13(11(3)8-9)15-12(4)5-6-14/h5,7-8,15H,1-4H3/b12-5+. The first-order valence-electron chi connectivity index (χ1n) is 4.96. The summed E-state index contributed by atoms with van der Waals surface area (Å²) in [7, 11) is 0. The Morgan fingerprint density at radius 1 is 1.27 bits per heavy atom. The smallest absolute Gasteiger partial charge is 0.0930 e. The van der Waals surface area contributed by atoms with E-state index in [0.29, 0.717) is 0 Å². The second-order valence-electron chi connectivity index (χ2n) is 3.86. The van der Waals surface area contributed by atoms with Crippen molar-refractivity contribution in [3.63, 3.8) is 0 Å². The molecule has 0 aliphatic carbocycles. The van der Waals surface area contributed by atoms with E-state index in [4.69, 9.17) is 5.26 Å². The summed E-state index contributed by atoms with van der Waals surface area (Å²) < 4.78 is 0. The quantitative estimate of drug-likeness (QED) is 0.742. The van der Waals surface area contributed by atoms with E-state index in [1.165, 1.54) is 22.8 Å². The highest BCUT2D eigenvalue weighted by Gasteiger charge is 2.03. The fourth-order valence-electron chi connectivity index (χ4n) is 1.71. The average molecular weight is 200 g/mol. The molecule has 0 unspecified atom stereocenters. The molecule has 1 rings (SSSR count). The van der Waals surface area contributed by atoms with Gasteiger partial charge in [0.2, 0.25) is 0 Å². The predicted octanol–water partition coefficient (Wildman–Crippen LogP) is 3.45. The lowest BCUT2D eigenvalue weighted by Crippen LogP contribution is -2.00. The molecule has 0 saturated heterocycles. The van der Waals surface area contributed by atoms with Crippen molar-refractivity contribution in [3.05, 3.63) is 40.6 Å². The van der Waals surface area contributed by atoms with Gasteiger partial charge in [0, 0.05) is 17.5 Å². The highest BCUT2D eigenvalue weighted by atomic mass is 14.9. The third-order valence-electron chi connectivity index (χ3n) is 2.28. The number of anilines is 1. The van der Waals surface area contributed by atoms with E-state index < -0.39 is 0 Å². The van der Waals surface area contributed by atoms with Gasteiger partial charge in [-0.2, -0.15) is 5.26 Å². The van der Waals surface area contributed by atoms with E-state index in [1.807, 2.05) is 13.0 Å². The average Bonchev–Trinajstić information content (AvgIpc) is 2.11. The molecule has 1 aromatic rings. The molecule has 0 aromatic heterocycles. The van der Waals surface area contributed by atoms with Crippen LogP contribution in [0.15, 0.2) is 23.9 Å². The number of nitrogens with one attached hydrogen (secondary N) is 1. The monoisotopic (exact) mass is 200 g/mol. The molecule has 0 aliphatic rings. The van der Waals surface area contributed by atoms with Crippen LogP contribution in [0.3, 0.4) is 0 Å². The second-order valence-corrected chi connectivity index (χ2v) is 3.86. The van der Waals surface area contributed by atoms with E-state index in [0.717, 1.165) is 11.4 Å². The lowest BCUT2D eigenvalue weighted by Gasteiger charge is -2.13. The van der Waals surface area contributed by atoms with E-state index in [1.54, 1.807) is 0 Å². The Hall–Kier alpha value is -1.75. The Bertz CT molecular complexity index is 413. The van der Waals surface area contributed by atoms with Crippen molar-refractivity contribution in [2.45, 2.75) is 27.7 Å². The lowest BCUT2D eigenvalue weighted by atomic mass is 10.0. The maximum Gasteiger partial charge on any atom is 0.0930 e. The Kier molecular flexibility index (Phi) is 3.51. The van der Waals surface area contributed by atoms with E-state index in [-0.39, 0.29) is 0 Å². The van der Waals surface area contributed by atoms with Crippen LogP contribution in [-0.2, 0) is 0 Å². The molecule has 0 fully saturated rings. The lowest BCUT2D eigenvalue weighted by molar-refractivity contribution is 1.27. The highest BCUT2D eigenvalue weighted by Crippen LogP contribution is 2.23. The minimum atomic E-state index is 0.868. The predicted molar refractivity (Wildman–Crippen MR) is 63.6 cm³/mol. The summed E-state index contributed by atoms with van der Waals surface area (Å²) in [4.78, 5) is 0. The van der Waals surface area contributed by atoms with Crippen LogP contribution < -0.4 is 5.32 Å². The Morgan fingerprint density at radius 2 is 1.80 bits per heavy atom. The molecule has 0 heterocycles. The molecule has 1 aromatic carbocycles. The van der Waals surface area contributed by atoms with E-state index in [9.17, 15) is 0 Å². The Morgan fingerprint density at radius 3 is 2.27 bits per heavy atom. The maximum atomic E-state index is 8.53. The minimum absolute atomic E-state index is 0.868. The van der Waals surface area contributed by atoms with Crippen molar-refractivity contribution in [2.24, 2.45) is 0 Å². The molecule has 1 N–H and O–H groups in total. The van der Waals surface area contributed by atoms with Gasteiger partial charge in [-0.15, -0.1) is 0 Å². The number of hydrogen-bond donors (Lipinski definition) is 1. The van der Waals surface area contributed by atoms with Crippen LogP contribution in [0.4, 0.5) is 5.69 Å². The molecule has 2 heteroatoms. The molecule has 0 bridgehead atoms. The van der Waals surface area contributed by atoms with Crippen LogP contribution in [0.2, 0.25) is 0 Å². The van der Waals surface area contributed by atoms with Crippen molar-refractivity contribution in [2.75, 3.05) is 5.32 Å². The number of allylic oxidation sites excluding steroid dienone is 2. The SMILES string of the molecule is C/C(=C\C#N)Nc1c(C)cc(C)cc1C. The number of nitrogens with zero attached hydrogens (tertiary/aromatic N) is 1. The molecular formula is C13H16N2. The summed E-state index contributed by atoms with van der Waals surface area (Å²) in [6.45, 7) is 8.12. The molecule has 0 amide bonds. The molecule has 78 valence electrons. The number of rotatable bonds is 2.